The molecular formula is C22H19NO3. The number of phenols is 1. The third-order valence-electron chi connectivity index (χ3n) is 4.83. The summed E-state index contributed by atoms with van der Waals surface area (Å²) in [4.78, 5) is 13.5. The van der Waals surface area contributed by atoms with Crippen LogP contribution in [-0.2, 0) is 0 Å². The van der Waals surface area contributed by atoms with Crippen molar-refractivity contribution in [3.8, 4) is 17.2 Å². The Bertz CT molecular complexity index is 1200. The second-order valence-corrected chi connectivity index (χ2v) is 6.47. The maximum absolute atomic E-state index is 13.5. The summed E-state index contributed by atoms with van der Waals surface area (Å²) in [5.74, 6) is 0.759. The number of hydrogen-bond acceptors (Lipinski definition) is 3. The first-order valence-corrected chi connectivity index (χ1v) is 8.44. The van der Waals surface area contributed by atoms with Crippen molar-refractivity contribution in [2.24, 2.45) is 0 Å². The maximum atomic E-state index is 13.5. The van der Waals surface area contributed by atoms with Gasteiger partial charge in [0.15, 0.2) is 0 Å². The average molecular weight is 345 g/mol. The molecule has 4 nitrogen and oxygen atoms in total. The van der Waals surface area contributed by atoms with Crippen LogP contribution in [0.4, 0.5) is 0 Å². The van der Waals surface area contributed by atoms with E-state index in [0.29, 0.717) is 16.7 Å². The quantitative estimate of drug-likeness (QED) is 0.545. The summed E-state index contributed by atoms with van der Waals surface area (Å²) in [5.41, 5.74) is 3.37. The predicted molar refractivity (Wildman–Crippen MR) is 105 cm³/mol. The molecule has 4 aromatic rings. The number of aromatic hydroxyl groups is 1. The number of methoxy groups -OCH3 is 1. The van der Waals surface area contributed by atoms with Gasteiger partial charge in [-0.1, -0.05) is 24.3 Å². The first-order valence-electron chi connectivity index (χ1n) is 8.44. The van der Waals surface area contributed by atoms with Crippen LogP contribution in [0.5, 0.6) is 11.5 Å². The molecule has 0 atom stereocenters. The minimum atomic E-state index is -0.130. The monoisotopic (exact) mass is 345 g/mol. The summed E-state index contributed by atoms with van der Waals surface area (Å²) in [5, 5.41) is 12.3. The molecular weight excluding hydrogens is 326 g/mol. The maximum Gasteiger partial charge on any atom is 0.263 e. The van der Waals surface area contributed by atoms with Crippen molar-refractivity contribution in [3.63, 3.8) is 0 Å². The molecule has 0 radical (unpaired) electrons. The molecule has 0 amide bonds. The molecule has 1 heterocycles. The van der Waals surface area contributed by atoms with E-state index < -0.39 is 0 Å². The summed E-state index contributed by atoms with van der Waals surface area (Å²) in [6.45, 7) is 3.97. The molecule has 0 aliphatic rings. The number of phenolic OH excluding ortho intramolecular Hbond substituents is 1. The number of para-hydroxylation sites is 1. The highest BCUT2D eigenvalue weighted by Gasteiger charge is 2.17. The number of nitrogens with zero attached hydrogens (tertiary/aromatic N) is 1. The highest BCUT2D eigenvalue weighted by molar-refractivity contribution is 6.09. The van der Waals surface area contributed by atoms with Crippen molar-refractivity contribution in [1.82, 2.24) is 4.57 Å². The summed E-state index contributed by atoms with van der Waals surface area (Å²) >= 11 is 0. The lowest BCUT2D eigenvalue weighted by Crippen LogP contribution is -2.21. The molecule has 0 saturated heterocycles. The number of ether oxygens (including phenoxy) is 1. The van der Waals surface area contributed by atoms with Gasteiger partial charge in [-0.15, -0.1) is 0 Å². The van der Waals surface area contributed by atoms with Gasteiger partial charge in [0.05, 0.1) is 23.7 Å². The largest absolute Gasteiger partial charge is 0.508 e. The van der Waals surface area contributed by atoms with E-state index in [0.717, 1.165) is 27.6 Å². The van der Waals surface area contributed by atoms with E-state index in [2.05, 4.69) is 0 Å². The van der Waals surface area contributed by atoms with Crippen molar-refractivity contribution in [2.75, 3.05) is 7.11 Å². The van der Waals surface area contributed by atoms with Crippen molar-refractivity contribution in [1.29, 1.82) is 0 Å². The lowest BCUT2D eigenvalue weighted by molar-refractivity contribution is 0.420. The first-order chi connectivity index (χ1) is 12.5. The highest BCUT2D eigenvalue weighted by atomic mass is 16.5. The molecule has 26 heavy (non-hydrogen) atoms. The van der Waals surface area contributed by atoms with E-state index in [-0.39, 0.29) is 11.3 Å². The first kappa shape index (κ1) is 16.2. The van der Waals surface area contributed by atoms with Gasteiger partial charge in [-0.05, 0) is 49.2 Å². The Morgan fingerprint density at radius 3 is 2.31 bits per heavy atom. The zero-order valence-electron chi connectivity index (χ0n) is 14.9. The standard InChI is InChI=1S/C22H19NO3/c1-13-6-4-7-14(2)21(13)23-18-12-15(24)10-11-16(18)20-17(22(23)25)8-5-9-19(20)26-3/h4-12,24H,1-3H3. The number of aromatic nitrogens is 1. The summed E-state index contributed by atoms with van der Waals surface area (Å²) < 4.78 is 7.20. The van der Waals surface area contributed by atoms with E-state index in [1.54, 1.807) is 23.8 Å². The molecule has 0 bridgehead atoms. The van der Waals surface area contributed by atoms with Crippen molar-refractivity contribution in [3.05, 3.63) is 76.1 Å². The van der Waals surface area contributed by atoms with Crippen LogP contribution in [0.15, 0.2) is 59.4 Å². The minimum absolute atomic E-state index is 0.117. The smallest absolute Gasteiger partial charge is 0.263 e. The van der Waals surface area contributed by atoms with E-state index in [1.165, 1.54) is 0 Å². The van der Waals surface area contributed by atoms with Gasteiger partial charge >= 0.3 is 0 Å². The van der Waals surface area contributed by atoms with Crippen molar-refractivity contribution < 1.29 is 9.84 Å². The van der Waals surface area contributed by atoms with Gasteiger partial charge in [-0.2, -0.15) is 0 Å². The Morgan fingerprint density at radius 2 is 1.62 bits per heavy atom. The van der Waals surface area contributed by atoms with Crippen molar-refractivity contribution >= 4 is 21.7 Å². The number of rotatable bonds is 2. The molecule has 4 heteroatoms. The topological polar surface area (TPSA) is 51.5 Å². The van der Waals surface area contributed by atoms with Gasteiger partial charge < -0.3 is 9.84 Å². The van der Waals surface area contributed by atoms with Crippen LogP contribution < -0.4 is 10.3 Å². The Morgan fingerprint density at radius 1 is 0.923 bits per heavy atom. The van der Waals surface area contributed by atoms with Gasteiger partial charge in [0, 0.05) is 16.8 Å². The fraction of sp³-hybridized carbons (Fsp3) is 0.136. The Balaban J connectivity index is 2.33. The summed E-state index contributed by atoms with van der Waals surface area (Å²) in [6, 6.07) is 16.5. The summed E-state index contributed by atoms with van der Waals surface area (Å²) in [7, 11) is 1.60. The molecule has 4 rings (SSSR count). The summed E-state index contributed by atoms with van der Waals surface area (Å²) in [6.07, 6.45) is 0. The van der Waals surface area contributed by atoms with Gasteiger partial charge in [-0.25, -0.2) is 0 Å². The fourth-order valence-corrected chi connectivity index (χ4v) is 3.68. The number of fused-ring (bicyclic) bond motifs is 3. The van der Waals surface area contributed by atoms with Gasteiger partial charge in [0.2, 0.25) is 0 Å². The lowest BCUT2D eigenvalue weighted by Gasteiger charge is -2.18. The van der Waals surface area contributed by atoms with Gasteiger partial charge in [0.25, 0.3) is 5.56 Å². The van der Waals surface area contributed by atoms with Crippen molar-refractivity contribution in [2.45, 2.75) is 13.8 Å². The molecule has 0 fully saturated rings. The molecule has 1 aromatic heterocycles. The van der Waals surface area contributed by atoms with Crippen LogP contribution in [0.1, 0.15) is 11.1 Å². The Hall–Kier alpha value is -3.27. The number of benzene rings is 3. The SMILES string of the molecule is COc1cccc2c(=O)n(-c3c(C)cccc3C)c3cc(O)ccc3c12. The Labute approximate surface area is 150 Å². The fourth-order valence-electron chi connectivity index (χ4n) is 3.68. The molecule has 0 saturated carbocycles. The van der Waals surface area contributed by atoms with E-state index in [4.69, 9.17) is 4.74 Å². The van der Waals surface area contributed by atoms with E-state index in [9.17, 15) is 9.90 Å². The predicted octanol–water partition coefficient (Wildman–Crippen LogP) is 4.47. The molecule has 130 valence electrons. The average Bonchev–Trinajstić information content (AvgIpc) is 2.63. The van der Waals surface area contributed by atoms with Crippen LogP contribution in [0.2, 0.25) is 0 Å². The van der Waals surface area contributed by atoms with E-state index >= 15 is 0 Å². The molecule has 3 aromatic carbocycles. The zero-order valence-corrected chi connectivity index (χ0v) is 14.9. The lowest BCUT2D eigenvalue weighted by atomic mass is 10.0. The van der Waals surface area contributed by atoms with Crippen LogP contribution in [-0.4, -0.2) is 16.8 Å². The molecule has 0 aliphatic heterocycles. The molecule has 0 spiro atoms. The second kappa shape index (κ2) is 5.92. The van der Waals surface area contributed by atoms with Crippen LogP contribution in [0.3, 0.4) is 0 Å². The molecule has 0 unspecified atom stereocenters. The minimum Gasteiger partial charge on any atom is -0.508 e. The number of aryl methyl sites for hydroxylation is 2. The van der Waals surface area contributed by atoms with Gasteiger partial charge in [-0.3, -0.25) is 9.36 Å². The molecule has 1 N–H and O–H groups in total. The molecule has 0 aliphatic carbocycles. The van der Waals surface area contributed by atoms with Gasteiger partial charge in [0.1, 0.15) is 11.5 Å². The third-order valence-corrected chi connectivity index (χ3v) is 4.83. The highest BCUT2D eigenvalue weighted by Crippen LogP contribution is 2.34. The second-order valence-electron chi connectivity index (χ2n) is 6.47. The number of hydrogen-bond donors (Lipinski definition) is 1. The Kier molecular flexibility index (Phi) is 3.69. The zero-order chi connectivity index (χ0) is 18.4. The number of pyridine rings is 1. The van der Waals surface area contributed by atoms with Crippen LogP contribution in [0.25, 0.3) is 27.4 Å². The third kappa shape index (κ3) is 2.26. The normalized spacial score (nSPS) is 11.2. The van der Waals surface area contributed by atoms with E-state index in [1.807, 2.05) is 56.3 Å². The van der Waals surface area contributed by atoms with Crippen LogP contribution in [0, 0.1) is 13.8 Å². The van der Waals surface area contributed by atoms with Crippen LogP contribution >= 0.6 is 0 Å².